The molecule has 3 N–H and O–H groups in total. The van der Waals surface area contributed by atoms with Gasteiger partial charge in [0.05, 0.1) is 0 Å². The highest BCUT2D eigenvalue weighted by molar-refractivity contribution is 5.97. The van der Waals surface area contributed by atoms with E-state index in [1.54, 1.807) is 4.90 Å². The number of nitrogens with one attached hydrogen (secondary N) is 1. The summed E-state index contributed by atoms with van der Waals surface area (Å²) in [5, 5.41) is 1.06. The smallest absolute Gasteiger partial charge is 0.270 e. The molecular formula is C16H23N3O. The zero-order valence-corrected chi connectivity index (χ0v) is 12.4. The van der Waals surface area contributed by atoms with Gasteiger partial charge < -0.3 is 15.6 Å². The maximum atomic E-state index is 12.4. The summed E-state index contributed by atoms with van der Waals surface area (Å²) in [5.74, 6) is 0.448. The zero-order valence-electron chi connectivity index (χ0n) is 12.4. The minimum Gasteiger partial charge on any atom is -0.351 e. The van der Waals surface area contributed by atoms with Crippen LogP contribution < -0.4 is 5.73 Å². The van der Waals surface area contributed by atoms with Crippen molar-refractivity contribution in [2.75, 3.05) is 13.6 Å². The Balaban J connectivity index is 2.03. The Morgan fingerprint density at radius 3 is 2.70 bits per heavy atom. The summed E-state index contributed by atoms with van der Waals surface area (Å²) < 4.78 is 0. The van der Waals surface area contributed by atoms with Crippen LogP contribution in [0.1, 0.15) is 30.8 Å². The molecule has 0 aliphatic carbocycles. The normalized spacial score (nSPS) is 12.8. The van der Waals surface area contributed by atoms with E-state index in [4.69, 9.17) is 5.73 Å². The molecule has 1 aromatic carbocycles. The van der Waals surface area contributed by atoms with Crippen molar-refractivity contribution in [2.24, 2.45) is 11.7 Å². The third-order valence-electron chi connectivity index (χ3n) is 3.76. The standard InChI is InChI=1S/C16H23N3O/c1-11(2)13(17)8-9-19(3)16(20)15-10-12-6-4-5-7-14(12)18-15/h4-7,10-11,13,18H,8-9,17H2,1-3H3. The van der Waals surface area contributed by atoms with Gasteiger partial charge in [0.1, 0.15) is 5.69 Å². The van der Waals surface area contributed by atoms with Crippen LogP contribution in [0.25, 0.3) is 10.9 Å². The molecule has 1 unspecified atom stereocenters. The topological polar surface area (TPSA) is 62.1 Å². The minimum atomic E-state index is 0.0113. The second-order valence-electron chi connectivity index (χ2n) is 5.69. The molecule has 0 aliphatic rings. The van der Waals surface area contributed by atoms with E-state index in [2.05, 4.69) is 18.8 Å². The number of rotatable bonds is 5. The van der Waals surface area contributed by atoms with E-state index in [-0.39, 0.29) is 11.9 Å². The molecule has 4 nitrogen and oxygen atoms in total. The van der Waals surface area contributed by atoms with Crippen LogP contribution in [-0.4, -0.2) is 35.4 Å². The Bertz CT molecular complexity index is 555. The lowest BCUT2D eigenvalue weighted by molar-refractivity contribution is 0.0784. The van der Waals surface area contributed by atoms with Crippen molar-refractivity contribution < 1.29 is 4.79 Å². The molecule has 0 saturated carbocycles. The van der Waals surface area contributed by atoms with Crippen molar-refractivity contribution in [3.05, 3.63) is 36.0 Å². The predicted molar refractivity (Wildman–Crippen MR) is 82.7 cm³/mol. The molecule has 0 aliphatic heterocycles. The van der Waals surface area contributed by atoms with Gasteiger partial charge in [0, 0.05) is 30.5 Å². The van der Waals surface area contributed by atoms with E-state index < -0.39 is 0 Å². The summed E-state index contributed by atoms with van der Waals surface area (Å²) in [6.07, 6.45) is 0.820. The number of fused-ring (bicyclic) bond motifs is 1. The molecule has 1 amide bonds. The van der Waals surface area contributed by atoms with Crippen molar-refractivity contribution in [2.45, 2.75) is 26.3 Å². The van der Waals surface area contributed by atoms with Gasteiger partial charge >= 0.3 is 0 Å². The summed E-state index contributed by atoms with van der Waals surface area (Å²) in [7, 11) is 1.82. The van der Waals surface area contributed by atoms with E-state index in [1.165, 1.54) is 0 Å². The van der Waals surface area contributed by atoms with Crippen molar-refractivity contribution >= 4 is 16.8 Å². The Labute approximate surface area is 120 Å². The molecule has 0 saturated heterocycles. The van der Waals surface area contributed by atoms with Crippen LogP contribution in [0.15, 0.2) is 30.3 Å². The monoisotopic (exact) mass is 273 g/mol. The molecule has 0 radical (unpaired) electrons. The van der Waals surface area contributed by atoms with Crippen molar-refractivity contribution in [1.29, 1.82) is 0 Å². The molecule has 2 rings (SSSR count). The first-order chi connectivity index (χ1) is 9.49. The number of H-pyrrole nitrogens is 1. The number of carbonyl (C=O) groups is 1. The van der Waals surface area contributed by atoms with Gasteiger partial charge in [0.25, 0.3) is 5.91 Å². The molecule has 4 heteroatoms. The highest BCUT2D eigenvalue weighted by Gasteiger charge is 2.16. The van der Waals surface area contributed by atoms with E-state index in [0.717, 1.165) is 17.3 Å². The minimum absolute atomic E-state index is 0.0113. The lowest BCUT2D eigenvalue weighted by Crippen LogP contribution is -2.34. The molecular weight excluding hydrogens is 250 g/mol. The number of hydrogen-bond acceptors (Lipinski definition) is 2. The van der Waals surface area contributed by atoms with Gasteiger partial charge in [-0.1, -0.05) is 32.0 Å². The number of nitrogens with zero attached hydrogens (tertiary/aromatic N) is 1. The summed E-state index contributed by atoms with van der Waals surface area (Å²) in [5.41, 5.74) is 7.64. The number of benzene rings is 1. The van der Waals surface area contributed by atoms with Gasteiger partial charge in [-0.15, -0.1) is 0 Å². The lowest BCUT2D eigenvalue weighted by atomic mass is 10.0. The summed E-state index contributed by atoms with van der Waals surface area (Å²) in [4.78, 5) is 17.2. The zero-order chi connectivity index (χ0) is 14.7. The fourth-order valence-electron chi connectivity index (χ4n) is 2.17. The van der Waals surface area contributed by atoms with Gasteiger partial charge in [-0.25, -0.2) is 0 Å². The van der Waals surface area contributed by atoms with Crippen molar-refractivity contribution in [3.8, 4) is 0 Å². The third-order valence-corrected chi connectivity index (χ3v) is 3.76. The molecule has 0 fully saturated rings. The average molecular weight is 273 g/mol. The fraction of sp³-hybridized carbons (Fsp3) is 0.438. The van der Waals surface area contributed by atoms with Crippen LogP contribution in [0, 0.1) is 5.92 Å². The highest BCUT2D eigenvalue weighted by atomic mass is 16.2. The van der Waals surface area contributed by atoms with Crippen LogP contribution in [-0.2, 0) is 0 Å². The average Bonchev–Trinajstić information content (AvgIpc) is 2.87. The first-order valence-electron chi connectivity index (χ1n) is 7.08. The summed E-state index contributed by atoms with van der Waals surface area (Å²) in [6, 6.07) is 9.93. The van der Waals surface area contributed by atoms with Crippen LogP contribution in [0.3, 0.4) is 0 Å². The van der Waals surface area contributed by atoms with Crippen LogP contribution >= 0.6 is 0 Å². The molecule has 1 atom stereocenters. The van der Waals surface area contributed by atoms with Crippen molar-refractivity contribution in [3.63, 3.8) is 0 Å². The molecule has 20 heavy (non-hydrogen) atoms. The quantitative estimate of drug-likeness (QED) is 0.879. The Kier molecular flexibility index (Phi) is 4.45. The largest absolute Gasteiger partial charge is 0.351 e. The van der Waals surface area contributed by atoms with Gasteiger partial charge in [-0.05, 0) is 24.5 Å². The van der Waals surface area contributed by atoms with Crippen molar-refractivity contribution in [1.82, 2.24) is 9.88 Å². The number of aromatic amines is 1. The van der Waals surface area contributed by atoms with E-state index in [1.807, 2.05) is 37.4 Å². The first kappa shape index (κ1) is 14.6. The second kappa shape index (κ2) is 6.09. The maximum Gasteiger partial charge on any atom is 0.270 e. The van der Waals surface area contributed by atoms with Crippen LogP contribution in [0.5, 0.6) is 0 Å². The summed E-state index contributed by atoms with van der Waals surface area (Å²) in [6.45, 7) is 4.88. The molecule has 0 bridgehead atoms. The van der Waals surface area contributed by atoms with Crippen LogP contribution in [0.4, 0.5) is 0 Å². The third kappa shape index (κ3) is 3.20. The van der Waals surface area contributed by atoms with Gasteiger partial charge in [-0.2, -0.15) is 0 Å². The Morgan fingerprint density at radius 1 is 1.35 bits per heavy atom. The fourth-order valence-corrected chi connectivity index (χ4v) is 2.17. The number of hydrogen-bond donors (Lipinski definition) is 2. The lowest BCUT2D eigenvalue weighted by Gasteiger charge is -2.21. The second-order valence-corrected chi connectivity index (χ2v) is 5.69. The number of para-hydroxylation sites is 1. The molecule has 1 aromatic heterocycles. The number of aromatic nitrogens is 1. The van der Waals surface area contributed by atoms with E-state index in [0.29, 0.717) is 18.2 Å². The first-order valence-corrected chi connectivity index (χ1v) is 7.08. The SMILES string of the molecule is CC(C)C(N)CCN(C)C(=O)c1cc2ccccc2[nH]1. The highest BCUT2D eigenvalue weighted by Crippen LogP contribution is 2.16. The summed E-state index contributed by atoms with van der Waals surface area (Å²) >= 11 is 0. The number of carbonyl (C=O) groups excluding carboxylic acids is 1. The maximum absolute atomic E-state index is 12.4. The molecule has 2 aromatic rings. The Morgan fingerprint density at radius 2 is 2.05 bits per heavy atom. The van der Waals surface area contributed by atoms with E-state index in [9.17, 15) is 4.79 Å². The molecule has 0 spiro atoms. The molecule has 1 heterocycles. The molecule has 108 valence electrons. The Hall–Kier alpha value is -1.81. The van der Waals surface area contributed by atoms with E-state index >= 15 is 0 Å². The van der Waals surface area contributed by atoms with Gasteiger partial charge in [0.15, 0.2) is 0 Å². The number of amides is 1. The predicted octanol–water partition coefficient (Wildman–Crippen LogP) is 2.61. The number of nitrogens with two attached hydrogens (primary N) is 1. The van der Waals surface area contributed by atoms with Crippen LogP contribution in [0.2, 0.25) is 0 Å². The van der Waals surface area contributed by atoms with Gasteiger partial charge in [0.2, 0.25) is 0 Å². The van der Waals surface area contributed by atoms with Gasteiger partial charge in [-0.3, -0.25) is 4.79 Å².